The number of carbonyl (C=O) groups is 3. The maximum atomic E-state index is 12.4. The Morgan fingerprint density at radius 1 is 1.19 bits per heavy atom. The number of anilines is 1. The highest BCUT2D eigenvalue weighted by Gasteiger charge is 2.29. The third-order valence-corrected chi connectivity index (χ3v) is 3.98. The van der Waals surface area contributed by atoms with Crippen molar-refractivity contribution in [2.75, 3.05) is 5.32 Å². The summed E-state index contributed by atoms with van der Waals surface area (Å²) in [6.07, 6.45) is 2.42. The molecule has 26 heavy (non-hydrogen) atoms. The van der Waals surface area contributed by atoms with Gasteiger partial charge in [-0.3, -0.25) is 14.7 Å². The molecule has 0 radical (unpaired) electrons. The lowest BCUT2D eigenvalue weighted by atomic mass is 9.96. The van der Waals surface area contributed by atoms with Gasteiger partial charge < -0.3 is 15.4 Å². The highest BCUT2D eigenvalue weighted by Crippen LogP contribution is 2.16. The highest BCUT2D eigenvalue weighted by molar-refractivity contribution is 6.42. The van der Waals surface area contributed by atoms with E-state index in [9.17, 15) is 14.4 Å². The van der Waals surface area contributed by atoms with Gasteiger partial charge in [0.2, 0.25) is 5.78 Å². The Bertz CT molecular complexity index is 576. The third-order valence-electron chi connectivity index (χ3n) is 3.98. The minimum Gasteiger partial charge on any atom is -0.446 e. The number of amides is 2. The quantitative estimate of drug-likeness (QED) is 0.551. The lowest BCUT2D eigenvalue weighted by molar-refractivity contribution is -0.136. The second-order valence-electron chi connectivity index (χ2n) is 6.99. The zero-order valence-electron chi connectivity index (χ0n) is 16.2. The number of alkyl carbamates (subject to hydrolysis) is 1. The van der Waals surface area contributed by atoms with Crippen molar-refractivity contribution in [2.45, 2.75) is 66.0 Å². The van der Waals surface area contributed by atoms with Crippen molar-refractivity contribution in [2.24, 2.45) is 11.8 Å². The SMILES string of the molecule is CCCC[C@H](NC(=O)OC(C(C)C)C(C)C)C(=O)C(=O)Nc1ccn[nH]1. The number of unbranched alkanes of at least 4 members (excludes halogenated alkanes) is 1. The van der Waals surface area contributed by atoms with E-state index in [4.69, 9.17) is 4.74 Å². The molecule has 0 aliphatic heterocycles. The van der Waals surface area contributed by atoms with Crippen LogP contribution in [0.15, 0.2) is 12.3 Å². The van der Waals surface area contributed by atoms with Crippen molar-refractivity contribution in [1.82, 2.24) is 15.5 Å². The summed E-state index contributed by atoms with van der Waals surface area (Å²) in [7, 11) is 0. The number of carbonyl (C=O) groups excluding carboxylic acids is 3. The first-order valence-electron chi connectivity index (χ1n) is 9.07. The molecule has 0 bridgehead atoms. The zero-order valence-corrected chi connectivity index (χ0v) is 16.2. The van der Waals surface area contributed by atoms with Gasteiger partial charge in [0.1, 0.15) is 18.0 Å². The van der Waals surface area contributed by atoms with E-state index in [1.54, 1.807) is 0 Å². The molecule has 1 rings (SSSR count). The zero-order chi connectivity index (χ0) is 19.7. The molecule has 1 aromatic rings. The van der Waals surface area contributed by atoms with Gasteiger partial charge in [0.05, 0.1) is 6.20 Å². The van der Waals surface area contributed by atoms with Crippen LogP contribution in [-0.4, -0.2) is 40.1 Å². The van der Waals surface area contributed by atoms with Gasteiger partial charge in [-0.1, -0.05) is 47.5 Å². The van der Waals surface area contributed by atoms with Crippen LogP contribution in [0.25, 0.3) is 0 Å². The third kappa shape index (κ3) is 6.85. The van der Waals surface area contributed by atoms with E-state index < -0.39 is 23.8 Å². The molecule has 0 aromatic carbocycles. The molecule has 1 aromatic heterocycles. The van der Waals surface area contributed by atoms with Crippen molar-refractivity contribution < 1.29 is 19.1 Å². The number of hydrogen-bond acceptors (Lipinski definition) is 5. The number of Topliss-reactive ketones (excluding diaryl/α,β-unsaturated/α-hetero) is 1. The number of hydrogen-bond donors (Lipinski definition) is 3. The number of H-pyrrole nitrogens is 1. The van der Waals surface area contributed by atoms with E-state index >= 15 is 0 Å². The number of ether oxygens (including phenoxy) is 1. The summed E-state index contributed by atoms with van der Waals surface area (Å²) in [5, 5.41) is 11.2. The van der Waals surface area contributed by atoms with Crippen LogP contribution in [0.2, 0.25) is 0 Å². The number of nitrogens with one attached hydrogen (secondary N) is 3. The molecule has 0 unspecified atom stereocenters. The van der Waals surface area contributed by atoms with Crippen LogP contribution in [-0.2, 0) is 14.3 Å². The summed E-state index contributed by atoms with van der Waals surface area (Å²) in [5.41, 5.74) is 0. The Labute approximate surface area is 154 Å². The van der Waals surface area contributed by atoms with Crippen LogP contribution < -0.4 is 10.6 Å². The normalized spacial score (nSPS) is 12.3. The Balaban J connectivity index is 2.73. The van der Waals surface area contributed by atoms with Gasteiger partial charge in [0, 0.05) is 6.07 Å². The fourth-order valence-corrected chi connectivity index (χ4v) is 2.69. The summed E-state index contributed by atoms with van der Waals surface area (Å²) < 4.78 is 5.47. The molecule has 0 saturated carbocycles. The lowest BCUT2D eigenvalue weighted by Crippen LogP contribution is -2.47. The molecule has 8 nitrogen and oxygen atoms in total. The molecule has 1 heterocycles. The number of aromatic amines is 1. The fourth-order valence-electron chi connectivity index (χ4n) is 2.69. The van der Waals surface area contributed by atoms with Gasteiger partial charge in [-0.2, -0.15) is 5.10 Å². The van der Waals surface area contributed by atoms with Crippen molar-refractivity contribution in [1.29, 1.82) is 0 Å². The van der Waals surface area contributed by atoms with Crippen LogP contribution in [0.5, 0.6) is 0 Å². The number of rotatable bonds is 10. The lowest BCUT2D eigenvalue weighted by Gasteiger charge is -2.26. The fraction of sp³-hybridized carbons (Fsp3) is 0.667. The molecule has 3 N–H and O–H groups in total. The molecule has 2 amide bonds. The molecule has 0 aliphatic carbocycles. The first kappa shape index (κ1) is 21.7. The van der Waals surface area contributed by atoms with Crippen molar-refractivity contribution in [3.8, 4) is 0 Å². The molecule has 0 spiro atoms. The van der Waals surface area contributed by atoms with E-state index in [-0.39, 0.29) is 17.9 Å². The minimum atomic E-state index is -0.926. The Morgan fingerprint density at radius 3 is 2.35 bits per heavy atom. The molecule has 1 atom stereocenters. The van der Waals surface area contributed by atoms with Crippen LogP contribution in [0.1, 0.15) is 53.9 Å². The van der Waals surface area contributed by atoms with E-state index in [0.29, 0.717) is 18.7 Å². The van der Waals surface area contributed by atoms with Crippen molar-refractivity contribution >= 4 is 23.6 Å². The monoisotopic (exact) mass is 366 g/mol. The number of ketones is 1. The van der Waals surface area contributed by atoms with Gasteiger partial charge >= 0.3 is 6.09 Å². The molecular formula is C18H30N4O4. The number of nitrogens with zero attached hydrogens (tertiary/aromatic N) is 1. The minimum absolute atomic E-state index is 0.147. The standard InChI is InChI=1S/C18H30N4O4/c1-6-7-8-13(15(23)17(24)21-14-9-10-19-22-14)20-18(25)26-16(11(2)3)12(4)5/h9-13,16H,6-8H2,1-5H3,(H,20,25)(H2,19,21,22,24)/t13-/m0/s1. The van der Waals surface area contributed by atoms with E-state index in [1.807, 2.05) is 34.6 Å². The van der Waals surface area contributed by atoms with Gasteiger partial charge in [0.15, 0.2) is 0 Å². The Morgan fingerprint density at radius 2 is 1.85 bits per heavy atom. The molecule has 0 aliphatic rings. The first-order valence-corrected chi connectivity index (χ1v) is 9.07. The predicted octanol–water partition coefficient (Wildman–Crippen LogP) is 2.88. The smallest absolute Gasteiger partial charge is 0.408 e. The maximum Gasteiger partial charge on any atom is 0.408 e. The highest BCUT2D eigenvalue weighted by atomic mass is 16.6. The predicted molar refractivity (Wildman–Crippen MR) is 98.6 cm³/mol. The molecule has 0 saturated heterocycles. The van der Waals surface area contributed by atoms with E-state index in [1.165, 1.54) is 12.3 Å². The summed E-state index contributed by atoms with van der Waals surface area (Å²) in [5.74, 6) is -0.904. The van der Waals surface area contributed by atoms with Crippen LogP contribution >= 0.6 is 0 Å². The maximum absolute atomic E-state index is 12.4. The Hall–Kier alpha value is -2.38. The summed E-state index contributed by atoms with van der Waals surface area (Å²) in [6, 6.07) is 0.606. The second kappa shape index (κ2) is 10.6. The van der Waals surface area contributed by atoms with Crippen molar-refractivity contribution in [3.63, 3.8) is 0 Å². The largest absolute Gasteiger partial charge is 0.446 e. The van der Waals surface area contributed by atoms with Crippen LogP contribution in [0.4, 0.5) is 10.6 Å². The van der Waals surface area contributed by atoms with Crippen molar-refractivity contribution in [3.05, 3.63) is 12.3 Å². The summed E-state index contributed by atoms with van der Waals surface area (Å²) in [4.78, 5) is 36.8. The summed E-state index contributed by atoms with van der Waals surface area (Å²) >= 11 is 0. The van der Waals surface area contributed by atoms with Gasteiger partial charge in [-0.05, 0) is 18.3 Å². The van der Waals surface area contributed by atoms with E-state index in [0.717, 1.165) is 6.42 Å². The first-order chi connectivity index (χ1) is 12.3. The van der Waals surface area contributed by atoms with Crippen LogP contribution in [0.3, 0.4) is 0 Å². The molecule has 8 heteroatoms. The second-order valence-corrected chi connectivity index (χ2v) is 6.99. The molecular weight excluding hydrogens is 336 g/mol. The van der Waals surface area contributed by atoms with Crippen LogP contribution in [0, 0.1) is 11.8 Å². The van der Waals surface area contributed by atoms with Gasteiger partial charge in [-0.25, -0.2) is 4.79 Å². The average molecular weight is 366 g/mol. The average Bonchev–Trinajstić information content (AvgIpc) is 3.08. The van der Waals surface area contributed by atoms with Gasteiger partial charge in [-0.15, -0.1) is 0 Å². The van der Waals surface area contributed by atoms with Gasteiger partial charge in [0.25, 0.3) is 5.91 Å². The summed E-state index contributed by atoms with van der Waals surface area (Å²) in [6.45, 7) is 9.84. The topological polar surface area (TPSA) is 113 Å². The Kier molecular flexibility index (Phi) is 8.81. The molecule has 0 fully saturated rings. The molecule has 146 valence electrons. The van der Waals surface area contributed by atoms with E-state index in [2.05, 4.69) is 20.8 Å². The number of aromatic nitrogens is 2.